The molecule has 0 saturated heterocycles. The fraction of sp³-hybridized carbons (Fsp3) is 0.455. The van der Waals surface area contributed by atoms with Crippen molar-refractivity contribution in [2.75, 3.05) is 12.4 Å². The van der Waals surface area contributed by atoms with Gasteiger partial charge >= 0.3 is 0 Å². The highest BCUT2D eigenvalue weighted by atomic mass is 16.2. The van der Waals surface area contributed by atoms with Crippen molar-refractivity contribution in [2.24, 2.45) is 7.05 Å². The van der Waals surface area contributed by atoms with E-state index in [1.807, 2.05) is 0 Å². The topological polar surface area (TPSA) is 63.1 Å². The summed E-state index contributed by atoms with van der Waals surface area (Å²) in [4.78, 5) is 22.9. The quantitative estimate of drug-likeness (QED) is 0.775. The molecule has 0 saturated carbocycles. The number of hydrogen-bond donors (Lipinski definition) is 2. The average molecular weight is 223 g/mol. The van der Waals surface area contributed by atoms with Gasteiger partial charge < -0.3 is 15.2 Å². The van der Waals surface area contributed by atoms with Gasteiger partial charge in [-0.3, -0.25) is 9.59 Å². The van der Waals surface area contributed by atoms with E-state index in [1.165, 1.54) is 10.6 Å². The Bertz CT molecular complexity index is 449. The summed E-state index contributed by atoms with van der Waals surface area (Å²) in [6.45, 7) is 3.56. The zero-order valence-corrected chi connectivity index (χ0v) is 10.00. The first-order valence-corrected chi connectivity index (χ1v) is 5.04. The summed E-state index contributed by atoms with van der Waals surface area (Å²) in [6.07, 6.45) is 1.59. The van der Waals surface area contributed by atoms with E-state index < -0.39 is 5.54 Å². The van der Waals surface area contributed by atoms with E-state index in [0.717, 1.165) is 0 Å². The molecule has 0 aliphatic heterocycles. The average Bonchev–Trinajstić information content (AvgIpc) is 2.23. The standard InChI is InChI=1S/C11H17N3O2/c1-11(2,12-3)10(16)13-8-5-6-9(15)14(4)7-8/h5-7,12H,1-4H3,(H,13,16). The Balaban J connectivity index is 2.86. The smallest absolute Gasteiger partial charge is 0.250 e. The molecular weight excluding hydrogens is 206 g/mol. The molecule has 1 aromatic heterocycles. The molecule has 0 bridgehead atoms. The number of nitrogens with zero attached hydrogens (tertiary/aromatic N) is 1. The number of aromatic nitrogens is 1. The number of likely N-dealkylation sites (N-methyl/N-ethyl adjacent to an activating group) is 1. The van der Waals surface area contributed by atoms with Crippen LogP contribution < -0.4 is 16.2 Å². The van der Waals surface area contributed by atoms with Gasteiger partial charge in [0.2, 0.25) is 11.5 Å². The van der Waals surface area contributed by atoms with Gasteiger partial charge in [-0.2, -0.15) is 0 Å². The number of aryl methyl sites for hydroxylation is 1. The van der Waals surface area contributed by atoms with Crippen molar-refractivity contribution in [3.63, 3.8) is 0 Å². The third-order valence-corrected chi connectivity index (χ3v) is 2.54. The summed E-state index contributed by atoms with van der Waals surface area (Å²) in [5.74, 6) is -0.145. The zero-order chi connectivity index (χ0) is 12.3. The second-order valence-corrected chi connectivity index (χ2v) is 4.20. The van der Waals surface area contributed by atoms with Gasteiger partial charge in [0, 0.05) is 19.3 Å². The Morgan fingerprint density at radius 1 is 1.38 bits per heavy atom. The Morgan fingerprint density at radius 2 is 2.00 bits per heavy atom. The van der Waals surface area contributed by atoms with E-state index in [-0.39, 0.29) is 11.5 Å². The van der Waals surface area contributed by atoms with Crippen LogP contribution in [-0.4, -0.2) is 23.1 Å². The molecular formula is C11H17N3O2. The number of amides is 1. The van der Waals surface area contributed by atoms with Crippen LogP contribution in [-0.2, 0) is 11.8 Å². The lowest BCUT2D eigenvalue weighted by atomic mass is 10.1. The lowest BCUT2D eigenvalue weighted by Gasteiger charge is -2.22. The maximum Gasteiger partial charge on any atom is 0.250 e. The van der Waals surface area contributed by atoms with Crippen LogP contribution in [0.2, 0.25) is 0 Å². The van der Waals surface area contributed by atoms with E-state index in [9.17, 15) is 9.59 Å². The maximum atomic E-state index is 11.8. The monoisotopic (exact) mass is 223 g/mol. The number of carbonyl (C=O) groups excluding carboxylic acids is 1. The van der Waals surface area contributed by atoms with Gasteiger partial charge in [0.1, 0.15) is 0 Å². The minimum absolute atomic E-state index is 0.106. The number of carbonyl (C=O) groups is 1. The van der Waals surface area contributed by atoms with E-state index in [1.54, 1.807) is 40.2 Å². The molecule has 5 heteroatoms. The van der Waals surface area contributed by atoms with Gasteiger partial charge in [-0.05, 0) is 27.0 Å². The molecule has 1 rings (SSSR count). The Morgan fingerprint density at radius 3 is 2.50 bits per heavy atom. The van der Waals surface area contributed by atoms with Gasteiger partial charge in [0.25, 0.3) is 0 Å². The molecule has 0 atom stereocenters. The highest BCUT2D eigenvalue weighted by Gasteiger charge is 2.25. The van der Waals surface area contributed by atoms with Gasteiger partial charge in [-0.1, -0.05) is 0 Å². The summed E-state index contributed by atoms with van der Waals surface area (Å²) in [5, 5.41) is 5.65. The molecule has 0 unspecified atom stereocenters. The highest BCUT2D eigenvalue weighted by Crippen LogP contribution is 2.08. The number of nitrogens with one attached hydrogen (secondary N) is 2. The first-order chi connectivity index (χ1) is 7.36. The van der Waals surface area contributed by atoms with Crippen molar-refractivity contribution in [1.29, 1.82) is 0 Å². The molecule has 0 radical (unpaired) electrons. The second-order valence-electron chi connectivity index (χ2n) is 4.20. The van der Waals surface area contributed by atoms with Crippen LogP contribution in [0.4, 0.5) is 5.69 Å². The summed E-state index contributed by atoms with van der Waals surface area (Å²) in [6, 6.07) is 3.01. The molecule has 1 aromatic rings. The van der Waals surface area contributed by atoms with Gasteiger partial charge in [0.05, 0.1) is 11.2 Å². The molecule has 0 aliphatic rings. The maximum absolute atomic E-state index is 11.8. The van der Waals surface area contributed by atoms with Crippen molar-refractivity contribution >= 4 is 11.6 Å². The van der Waals surface area contributed by atoms with Crippen LogP contribution in [0.5, 0.6) is 0 Å². The predicted octanol–water partition coefficient (Wildman–Crippen LogP) is 0.322. The minimum atomic E-state index is -0.644. The van der Waals surface area contributed by atoms with Crippen LogP contribution in [0.15, 0.2) is 23.1 Å². The van der Waals surface area contributed by atoms with Crippen LogP contribution in [0.1, 0.15) is 13.8 Å². The molecule has 5 nitrogen and oxygen atoms in total. The highest BCUT2D eigenvalue weighted by molar-refractivity contribution is 5.97. The third-order valence-electron chi connectivity index (χ3n) is 2.54. The van der Waals surface area contributed by atoms with Crippen molar-refractivity contribution in [3.8, 4) is 0 Å². The van der Waals surface area contributed by atoms with E-state index >= 15 is 0 Å². The van der Waals surface area contributed by atoms with Crippen LogP contribution in [0.25, 0.3) is 0 Å². The predicted molar refractivity (Wildman–Crippen MR) is 63.5 cm³/mol. The van der Waals surface area contributed by atoms with E-state index in [0.29, 0.717) is 5.69 Å². The Kier molecular flexibility index (Phi) is 3.49. The summed E-state index contributed by atoms with van der Waals surface area (Å²) in [7, 11) is 3.36. The number of hydrogen-bond acceptors (Lipinski definition) is 3. The molecule has 2 N–H and O–H groups in total. The Hall–Kier alpha value is -1.62. The molecule has 0 aromatic carbocycles. The molecule has 0 aliphatic carbocycles. The lowest BCUT2D eigenvalue weighted by Crippen LogP contribution is -2.48. The number of rotatable bonds is 3. The molecule has 0 spiro atoms. The van der Waals surface area contributed by atoms with Crippen LogP contribution >= 0.6 is 0 Å². The summed E-state index contributed by atoms with van der Waals surface area (Å²) >= 11 is 0. The first-order valence-electron chi connectivity index (χ1n) is 5.04. The molecule has 1 amide bonds. The largest absolute Gasteiger partial charge is 0.323 e. The molecule has 1 heterocycles. The first kappa shape index (κ1) is 12.4. The minimum Gasteiger partial charge on any atom is -0.323 e. The van der Waals surface area contributed by atoms with Crippen LogP contribution in [0, 0.1) is 0 Å². The number of anilines is 1. The van der Waals surface area contributed by atoms with Crippen LogP contribution in [0.3, 0.4) is 0 Å². The van der Waals surface area contributed by atoms with E-state index in [4.69, 9.17) is 0 Å². The molecule has 16 heavy (non-hydrogen) atoms. The van der Waals surface area contributed by atoms with E-state index in [2.05, 4.69) is 10.6 Å². The molecule has 0 fully saturated rings. The summed E-state index contributed by atoms with van der Waals surface area (Å²) in [5.41, 5.74) is -0.143. The summed E-state index contributed by atoms with van der Waals surface area (Å²) < 4.78 is 1.42. The normalized spacial score (nSPS) is 11.2. The van der Waals surface area contributed by atoms with Gasteiger partial charge in [-0.15, -0.1) is 0 Å². The van der Waals surface area contributed by atoms with Crippen molar-refractivity contribution in [3.05, 3.63) is 28.7 Å². The molecule has 88 valence electrons. The SMILES string of the molecule is CNC(C)(C)C(=O)Nc1ccc(=O)n(C)c1. The van der Waals surface area contributed by atoms with Crippen molar-refractivity contribution < 1.29 is 4.79 Å². The second kappa shape index (κ2) is 4.49. The van der Waals surface area contributed by atoms with Gasteiger partial charge in [0.15, 0.2) is 0 Å². The van der Waals surface area contributed by atoms with Gasteiger partial charge in [-0.25, -0.2) is 0 Å². The number of pyridine rings is 1. The Labute approximate surface area is 94.5 Å². The lowest BCUT2D eigenvalue weighted by molar-refractivity contribution is -0.121. The third kappa shape index (κ3) is 2.70. The van der Waals surface area contributed by atoms with Crippen molar-refractivity contribution in [1.82, 2.24) is 9.88 Å². The fourth-order valence-corrected chi connectivity index (χ4v) is 1.07. The zero-order valence-electron chi connectivity index (χ0n) is 10.00. The van der Waals surface area contributed by atoms with Crippen molar-refractivity contribution in [2.45, 2.75) is 19.4 Å². The fourth-order valence-electron chi connectivity index (χ4n) is 1.07.